The van der Waals surface area contributed by atoms with Crippen molar-refractivity contribution in [2.45, 2.75) is 399 Å². The summed E-state index contributed by atoms with van der Waals surface area (Å²) in [5, 5.41) is 20.7. The summed E-state index contributed by atoms with van der Waals surface area (Å²) in [6, 6.07) is 0. The number of aliphatic hydroxyl groups is 2. The number of phosphoric ester groups is 2. The van der Waals surface area contributed by atoms with Crippen LogP contribution in [0.3, 0.4) is 0 Å². The first-order valence-corrected chi connectivity index (χ1v) is 48.8. The summed E-state index contributed by atoms with van der Waals surface area (Å²) in [4.78, 5) is 59.0. The van der Waals surface area contributed by atoms with E-state index < -0.39 is 91.5 Å². The van der Waals surface area contributed by atoms with E-state index in [1.54, 1.807) is 0 Å². The molecule has 5 unspecified atom stereocenters. The normalized spacial score (nSPS) is 14.5. The lowest BCUT2D eigenvalue weighted by Gasteiger charge is -2.21. The van der Waals surface area contributed by atoms with Crippen LogP contribution >= 0.6 is 15.6 Å². The van der Waals surface area contributed by atoms with Crippen LogP contribution in [0.4, 0.5) is 0 Å². The molecule has 115 heavy (non-hydrogen) atoms. The first-order chi connectivity index (χ1) is 56.2. The molecule has 0 bridgehead atoms. The van der Waals surface area contributed by atoms with Crippen molar-refractivity contribution in [1.82, 2.24) is 0 Å². The van der Waals surface area contributed by atoms with E-state index in [9.17, 15) is 43.5 Å². The van der Waals surface area contributed by atoms with Crippen LogP contribution in [-0.4, -0.2) is 95.9 Å². The van der Waals surface area contributed by atoms with Gasteiger partial charge in [0.15, 0.2) is 6.10 Å². The molecule has 0 aliphatic carbocycles. The van der Waals surface area contributed by atoms with Gasteiger partial charge in [-0.2, -0.15) is 0 Å². The monoisotopic (exact) mass is 1650 g/mol. The van der Waals surface area contributed by atoms with E-state index in [1.807, 2.05) is 0 Å². The summed E-state index contributed by atoms with van der Waals surface area (Å²) in [6.45, 7) is 2.53. The first kappa shape index (κ1) is 110. The number of carbonyl (C=O) groups excluding carboxylic acids is 3. The Kier molecular flexibility index (Phi) is 84.7. The van der Waals surface area contributed by atoms with Gasteiger partial charge < -0.3 is 34.2 Å². The largest absolute Gasteiger partial charge is 0.472 e. The van der Waals surface area contributed by atoms with E-state index in [4.69, 9.17) is 32.3 Å². The van der Waals surface area contributed by atoms with Crippen molar-refractivity contribution >= 4 is 33.6 Å². The second kappa shape index (κ2) is 88.5. The summed E-state index contributed by atoms with van der Waals surface area (Å²) in [5.41, 5.74) is 0. The minimum Gasteiger partial charge on any atom is -0.463 e. The topological polar surface area (TPSA) is 231 Å². The summed E-state index contributed by atoms with van der Waals surface area (Å²) in [6.07, 6.45) is 113. The van der Waals surface area contributed by atoms with Gasteiger partial charge in [-0.05, 0) is 154 Å². The van der Waals surface area contributed by atoms with Gasteiger partial charge in [0, 0.05) is 19.3 Å². The predicted molar refractivity (Wildman–Crippen MR) is 482 cm³/mol. The van der Waals surface area contributed by atoms with Gasteiger partial charge in [-0.3, -0.25) is 32.5 Å². The standard InChI is InChI=1S/C97H166O16P2/c1-4-7-10-13-16-19-22-25-28-31-34-36-38-40-42-43-44-45-46-47-49-51-52-54-57-59-62-65-68-71-74-77-80-83-95(100)107-86-92(98)87-109-114(103,104)110-88-93(99)89-111-115(105,106)112-91-94(113-97(102)85-82-79-76-73-70-67-64-61-56-33-30-27-24-21-18-15-12-9-6-3)90-108-96(101)84-81-78-75-72-69-66-63-60-58-55-53-50-48-41-39-37-35-32-29-26-23-20-17-14-11-8-5-2/h8,11,16-21,25-30,34-37,40-42,48,53,55-56,61,92-94,98-99H,4-7,9-10,12-15,22-24,31-33,38-39,43-47,49-52,54,57-60,62-91H2,1-3H3,(H,103,104)(H,105,106)/b11-8-,19-16-,20-17-,21-18-,28-25-,29-26-,30-27-,36-34-,37-35-,42-40-,48-41-,55-53-,61-56-. The molecule has 0 aliphatic heterocycles. The molecule has 0 spiro atoms. The number of hydrogen-bond donors (Lipinski definition) is 4. The Balaban J connectivity index is 4.55. The third kappa shape index (κ3) is 89.8. The summed E-state index contributed by atoms with van der Waals surface area (Å²) in [5.74, 6) is -1.59. The highest BCUT2D eigenvalue weighted by Gasteiger charge is 2.29. The lowest BCUT2D eigenvalue weighted by Crippen LogP contribution is -2.30. The highest BCUT2D eigenvalue weighted by Crippen LogP contribution is 2.45. The Hall–Kier alpha value is -4.83. The molecule has 0 aromatic carbocycles. The number of phosphoric acid groups is 2. The second-order valence-corrected chi connectivity index (χ2v) is 33.3. The molecule has 660 valence electrons. The summed E-state index contributed by atoms with van der Waals surface area (Å²) < 4.78 is 61.4. The van der Waals surface area contributed by atoms with Gasteiger partial charge in [-0.15, -0.1) is 0 Å². The van der Waals surface area contributed by atoms with Gasteiger partial charge in [0.05, 0.1) is 26.4 Å². The van der Waals surface area contributed by atoms with Crippen molar-refractivity contribution in [3.63, 3.8) is 0 Å². The summed E-state index contributed by atoms with van der Waals surface area (Å²) in [7, 11) is -9.81. The highest BCUT2D eigenvalue weighted by molar-refractivity contribution is 7.47. The highest BCUT2D eigenvalue weighted by atomic mass is 31.2. The Labute approximate surface area is 701 Å². The maximum Gasteiger partial charge on any atom is 0.472 e. The minimum absolute atomic E-state index is 0.0842. The number of unbranched alkanes of at least 4 members (excludes halogenated alkanes) is 37. The lowest BCUT2D eigenvalue weighted by atomic mass is 10.0. The minimum atomic E-state index is -4.95. The fourth-order valence-electron chi connectivity index (χ4n) is 12.3. The van der Waals surface area contributed by atoms with Crippen molar-refractivity contribution in [2.75, 3.05) is 39.6 Å². The predicted octanol–water partition coefficient (Wildman–Crippen LogP) is 28.1. The molecular weight excluding hydrogens is 1480 g/mol. The fraction of sp³-hybridized carbons (Fsp3) is 0.701. The van der Waals surface area contributed by atoms with E-state index in [-0.39, 0.29) is 19.3 Å². The molecule has 0 aromatic rings. The maximum absolute atomic E-state index is 13.0. The zero-order valence-corrected chi connectivity index (χ0v) is 74.5. The van der Waals surface area contributed by atoms with Crippen LogP contribution in [0.1, 0.15) is 380 Å². The zero-order valence-electron chi connectivity index (χ0n) is 72.7. The Morgan fingerprint density at radius 3 is 0.730 bits per heavy atom. The average molecular weight is 1650 g/mol. The molecule has 5 atom stereocenters. The van der Waals surface area contributed by atoms with Crippen molar-refractivity contribution in [3.8, 4) is 0 Å². The van der Waals surface area contributed by atoms with Crippen LogP contribution in [-0.2, 0) is 55.8 Å². The molecular formula is C97H166O16P2. The van der Waals surface area contributed by atoms with Crippen LogP contribution in [0.5, 0.6) is 0 Å². The molecule has 0 rings (SSSR count). The van der Waals surface area contributed by atoms with Crippen molar-refractivity contribution < 1.29 is 75.8 Å². The van der Waals surface area contributed by atoms with Crippen LogP contribution in [0.2, 0.25) is 0 Å². The quantitative estimate of drug-likeness (QED) is 0.0146. The molecule has 4 N–H and O–H groups in total. The van der Waals surface area contributed by atoms with Crippen LogP contribution < -0.4 is 0 Å². The third-order valence-electron chi connectivity index (χ3n) is 19.2. The first-order valence-electron chi connectivity index (χ1n) is 45.8. The van der Waals surface area contributed by atoms with E-state index in [1.165, 1.54) is 148 Å². The fourth-order valence-corrected chi connectivity index (χ4v) is 13.9. The maximum atomic E-state index is 13.0. The Bertz CT molecular complexity index is 2720. The van der Waals surface area contributed by atoms with E-state index in [2.05, 4.69) is 179 Å². The van der Waals surface area contributed by atoms with Gasteiger partial charge in [0.1, 0.15) is 25.4 Å². The number of hydrogen-bond acceptors (Lipinski definition) is 14. The van der Waals surface area contributed by atoms with E-state index in [0.29, 0.717) is 19.3 Å². The molecule has 0 saturated heterocycles. The Morgan fingerprint density at radius 2 is 0.461 bits per heavy atom. The molecule has 0 radical (unpaired) electrons. The molecule has 16 nitrogen and oxygen atoms in total. The second-order valence-electron chi connectivity index (χ2n) is 30.4. The van der Waals surface area contributed by atoms with Gasteiger partial charge in [-0.25, -0.2) is 9.13 Å². The van der Waals surface area contributed by atoms with Crippen LogP contribution in [0, 0.1) is 0 Å². The smallest absolute Gasteiger partial charge is 0.463 e. The van der Waals surface area contributed by atoms with Crippen LogP contribution in [0.25, 0.3) is 0 Å². The zero-order chi connectivity index (χ0) is 83.6. The number of carbonyl (C=O) groups is 3. The number of esters is 3. The average Bonchev–Trinajstić information content (AvgIpc) is 0.902. The van der Waals surface area contributed by atoms with E-state index >= 15 is 0 Å². The molecule has 0 aliphatic rings. The molecule has 0 amide bonds. The lowest BCUT2D eigenvalue weighted by molar-refractivity contribution is -0.161. The van der Waals surface area contributed by atoms with Gasteiger partial charge >= 0.3 is 33.6 Å². The number of rotatable bonds is 86. The van der Waals surface area contributed by atoms with Crippen molar-refractivity contribution in [3.05, 3.63) is 158 Å². The van der Waals surface area contributed by atoms with Gasteiger partial charge in [0.2, 0.25) is 0 Å². The molecule has 0 fully saturated rings. The van der Waals surface area contributed by atoms with Gasteiger partial charge in [-0.1, -0.05) is 365 Å². The van der Waals surface area contributed by atoms with Crippen molar-refractivity contribution in [2.24, 2.45) is 0 Å². The molecule has 18 heteroatoms. The molecule has 0 aromatic heterocycles. The van der Waals surface area contributed by atoms with Crippen LogP contribution in [0.15, 0.2) is 158 Å². The molecule has 0 heterocycles. The van der Waals surface area contributed by atoms with Crippen molar-refractivity contribution in [1.29, 1.82) is 0 Å². The summed E-state index contributed by atoms with van der Waals surface area (Å²) >= 11 is 0. The molecule has 0 saturated carbocycles. The van der Waals surface area contributed by atoms with E-state index in [0.717, 1.165) is 173 Å². The number of ether oxygens (including phenoxy) is 3. The van der Waals surface area contributed by atoms with Gasteiger partial charge in [0.25, 0.3) is 0 Å². The third-order valence-corrected chi connectivity index (χ3v) is 21.1. The Morgan fingerprint density at radius 1 is 0.252 bits per heavy atom. The SMILES string of the molecule is CC/C=C\C/C=C\C/C=C\C/C=C\C/C=C\C/C=C\CCCCCCCCCCC(=O)OCC(COP(=O)(O)OCC(O)COP(=O)(O)OCC(O)COC(=O)CCCCCCCCCCCCCCCCCCC/C=C\C/C=C\C/C=C\C/C=C\CCCCC)OC(=O)CCCCCCCC/C=C\C/C=C\C/C=C\CCCCC. The number of aliphatic hydroxyl groups excluding tert-OH is 2. The number of allylic oxidation sites excluding steroid dienone is 26.